The van der Waals surface area contributed by atoms with Crippen LogP contribution in [-0.2, 0) is 16.0 Å². The second kappa shape index (κ2) is 8.99. The number of anilines is 1. The van der Waals surface area contributed by atoms with Gasteiger partial charge in [0.1, 0.15) is 6.04 Å². The predicted octanol–water partition coefficient (Wildman–Crippen LogP) is 1.95. The molecule has 1 aliphatic rings. The molecule has 2 amide bonds. The molecule has 148 valence electrons. The summed E-state index contributed by atoms with van der Waals surface area (Å²) >= 11 is 0. The summed E-state index contributed by atoms with van der Waals surface area (Å²) in [5, 5.41) is 2.86. The minimum Gasteiger partial charge on any atom is -0.340 e. The molecule has 0 bridgehead atoms. The van der Waals surface area contributed by atoms with Crippen molar-refractivity contribution in [1.82, 2.24) is 9.80 Å². The highest BCUT2D eigenvalue weighted by atomic mass is 16.2. The van der Waals surface area contributed by atoms with Crippen molar-refractivity contribution < 1.29 is 9.59 Å². The Balaban J connectivity index is 1.60. The number of likely N-dealkylation sites (N-methyl/N-ethyl adjacent to an activating group) is 1. The number of carbonyl (C=O) groups excluding carboxylic acids is 2. The first kappa shape index (κ1) is 20.0. The van der Waals surface area contributed by atoms with Gasteiger partial charge in [-0.2, -0.15) is 0 Å². The van der Waals surface area contributed by atoms with Crippen LogP contribution in [0, 0.1) is 6.92 Å². The Labute approximate surface area is 166 Å². The van der Waals surface area contributed by atoms with Gasteiger partial charge in [-0.25, -0.2) is 0 Å². The average molecular weight is 380 g/mol. The molecule has 0 aromatic heterocycles. The third-order valence-electron chi connectivity index (χ3n) is 5.12. The molecule has 28 heavy (non-hydrogen) atoms. The summed E-state index contributed by atoms with van der Waals surface area (Å²) in [4.78, 5) is 29.1. The summed E-state index contributed by atoms with van der Waals surface area (Å²) in [7, 11) is 2.06. The third-order valence-corrected chi connectivity index (χ3v) is 5.12. The third kappa shape index (κ3) is 5.18. The Morgan fingerprint density at radius 3 is 2.43 bits per heavy atom. The molecule has 2 aromatic rings. The van der Waals surface area contributed by atoms with Crippen molar-refractivity contribution in [2.45, 2.75) is 19.4 Å². The van der Waals surface area contributed by atoms with Crippen molar-refractivity contribution in [3.63, 3.8) is 0 Å². The fraction of sp³-hybridized carbons (Fsp3) is 0.364. The van der Waals surface area contributed by atoms with Gasteiger partial charge in [0, 0.05) is 31.9 Å². The Bertz CT molecular complexity index is 827. The first-order chi connectivity index (χ1) is 13.4. The van der Waals surface area contributed by atoms with Crippen molar-refractivity contribution in [2.75, 3.05) is 38.5 Å². The van der Waals surface area contributed by atoms with Crippen LogP contribution in [0.1, 0.15) is 22.7 Å². The molecular weight excluding hydrogens is 352 g/mol. The Morgan fingerprint density at radius 1 is 1.07 bits per heavy atom. The van der Waals surface area contributed by atoms with E-state index in [1.165, 1.54) is 0 Å². The number of nitrogens with one attached hydrogen (secondary N) is 1. The molecule has 1 atom stereocenters. The maximum absolute atomic E-state index is 12.5. The molecule has 0 saturated carbocycles. The second-order valence-electron chi connectivity index (χ2n) is 7.44. The predicted molar refractivity (Wildman–Crippen MR) is 111 cm³/mol. The van der Waals surface area contributed by atoms with Crippen LogP contribution in [0.4, 0.5) is 5.69 Å². The molecule has 6 nitrogen and oxygen atoms in total. The first-order valence-corrected chi connectivity index (χ1v) is 9.60. The molecule has 3 rings (SSSR count). The van der Waals surface area contributed by atoms with Gasteiger partial charge in [0.25, 0.3) is 0 Å². The average Bonchev–Trinajstić information content (AvgIpc) is 2.68. The highest BCUT2D eigenvalue weighted by Gasteiger charge is 2.20. The Kier molecular flexibility index (Phi) is 6.44. The van der Waals surface area contributed by atoms with Gasteiger partial charge in [0.15, 0.2) is 0 Å². The van der Waals surface area contributed by atoms with Gasteiger partial charge in [-0.15, -0.1) is 0 Å². The SMILES string of the molecule is Cc1ccc(C(N)C(=O)Nc2cccc(CC(=O)N3CCN(C)CC3)c2)cc1. The molecule has 1 heterocycles. The molecule has 1 saturated heterocycles. The van der Waals surface area contributed by atoms with E-state index in [0.717, 1.165) is 42.9 Å². The van der Waals surface area contributed by atoms with E-state index in [2.05, 4.69) is 17.3 Å². The number of hydrogen-bond acceptors (Lipinski definition) is 4. The zero-order valence-corrected chi connectivity index (χ0v) is 16.5. The number of benzene rings is 2. The van der Waals surface area contributed by atoms with E-state index in [1.54, 1.807) is 0 Å². The van der Waals surface area contributed by atoms with Crippen LogP contribution in [0.15, 0.2) is 48.5 Å². The van der Waals surface area contributed by atoms with Gasteiger partial charge >= 0.3 is 0 Å². The van der Waals surface area contributed by atoms with Gasteiger partial charge in [-0.05, 0) is 37.2 Å². The number of nitrogens with zero attached hydrogens (tertiary/aromatic N) is 2. The minimum atomic E-state index is -0.740. The van der Waals surface area contributed by atoms with Crippen molar-refractivity contribution in [2.24, 2.45) is 5.73 Å². The Morgan fingerprint density at radius 2 is 1.75 bits per heavy atom. The molecular formula is C22H28N4O2. The summed E-state index contributed by atoms with van der Waals surface area (Å²) in [6.45, 7) is 5.32. The monoisotopic (exact) mass is 380 g/mol. The molecule has 1 fully saturated rings. The van der Waals surface area contributed by atoms with E-state index < -0.39 is 6.04 Å². The number of rotatable bonds is 5. The standard InChI is InChI=1S/C22H28N4O2/c1-16-6-8-18(9-7-16)21(23)22(28)24-19-5-3-4-17(14-19)15-20(27)26-12-10-25(2)11-13-26/h3-9,14,21H,10-13,15,23H2,1-2H3,(H,24,28). The number of hydrogen-bond donors (Lipinski definition) is 2. The van der Waals surface area contributed by atoms with Crippen LogP contribution in [0.5, 0.6) is 0 Å². The van der Waals surface area contributed by atoms with Crippen LogP contribution in [0.25, 0.3) is 0 Å². The largest absolute Gasteiger partial charge is 0.340 e. The van der Waals surface area contributed by atoms with Gasteiger partial charge in [-0.1, -0.05) is 42.0 Å². The van der Waals surface area contributed by atoms with Gasteiger partial charge in [0.2, 0.25) is 11.8 Å². The summed E-state index contributed by atoms with van der Waals surface area (Å²) in [6.07, 6.45) is 0.331. The van der Waals surface area contributed by atoms with E-state index in [0.29, 0.717) is 12.1 Å². The molecule has 1 aliphatic heterocycles. The smallest absolute Gasteiger partial charge is 0.245 e. The van der Waals surface area contributed by atoms with Crippen molar-refractivity contribution in [3.8, 4) is 0 Å². The maximum atomic E-state index is 12.5. The van der Waals surface area contributed by atoms with Crippen molar-refractivity contribution in [1.29, 1.82) is 0 Å². The van der Waals surface area contributed by atoms with Crippen LogP contribution >= 0.6 is 0 Å². The molecule has 1 unspecified atom stereocenters. The summed E-state index contributed by atoms with van der Waals surface area (Å²) in [5.74, 6) is -0.153. The summed E-state index contributed by atoms with van der Waals surface area (Å²) < 4.78 is 0. The molecule has 2 aromatic carbocycles. The van der Waals surface area contributed by atoms with E-state index >= 15 is 0 Å². The van der Waals surface area contributed by atoms with Crippen molar-refractivity contribution in [3.05, 3.63) is 65.2 Å². The molecule has 0 radical (unpaired) electrons. The van der Waals surface area contributed by atoms with Crippen LogP contribution in [-0.4, -0.2) is 54.8 Å². The fourth-order valence-corrected chi connectivity index (χ4v) is 3.25. The Hall–Kier alpha value is -2.70. The van der Waals surface area contributed by atoms with E-state index in [4.69, 9.17) is 5.73 Å². The van der Waals surface area contributed by atoms with Crippen LogP contribution < -0.4 is 11.1 Å². The lowest BCUT2D eigenvalue weighted by molar-refractivity contribution is -0.132. The minimum absolute atomic E-state index is 0.118. The quantitative estimate of drug-likeness (QED) is 0.831. The number of carbonyl (C=O) groups is 2. The lowest BCUT2D eigenvalue weighted by Gasteiger charge is -2.32. The van der Waals surface area contributed by atoms with E-state index in [-0.39, 0.29) is 11.8 Å². The summed E-state index contributed by atoms with van der Waals surface area (Å²) in [5.41, 5.74) is 9.50. The topological polar surface area (TPSA) is 78.7 Å². The number of nitrogens with two attached hydrogens (primary N) is 1. The number of piperazine rings is 1. The van der Waals surface area contributed by atoms with Gasteiger partial charge in [0.05, 0.1) is 6.42 Å². The lowest BCUT2D eigenvalue weighted by Crippen LogP contribution is -2.47. The summed E-state index contributed by atoms with van der Waals surface area (Å²) in [6, 6.07) is 14.3. The lowest BCUT2D eigenvalue weighted by atomic mass is 10.0. The van der Waals surface area contributed by atoms with Crippen LogP contribution in [0.2, 0.25) is 0 Å². The van der Waals surface area contributed by atoms with Gasteiger partial charge < -0.3 is 20.9 Å². The molecule has 0 spiro atoms. The fourth-order valence-electron chi connectivity index (χ4n) is 3.25. The molecule has 3 N–H and O–H groups in total. The zero-order valence-electron chi connectivity index (χ0n) is 16.5. The van der Waals surface area contributed by atoms with Crippen LogP contribution in [0.3, 0.4) is 0 Å². The van der Waals surface area contributed by atoms with Gasteiger partial charge in [-0.3, -0.25) is 9.59 Å². The second-order valence-corrected chi connectivity index (χ2v) is 7.44. The first-order valence-electron chi connectivity index (χ1n) is 9.60. The van der Waals surface area contributed by atoms with Crippen molar-refractivity contribution >= 4 is 17.5 Å². The maximum Gasteiger partial charge on any atom is 0.245 e. The number of aryl methyl sites for hydroxylation is 1. The van der Waals surface area contributed by atoms with E-state index in [1.807, 2.05) is 60.4 Å². The highest BCUT2D eigenvalue weighted by Crippen LogP contribution is 2.17. The zero-order chi connectivity index (χ0) is 20.1. The molecule has 0 aliphatic carbocycles. The highest BCUT2D eigenvalue weighted by molar-refractivity contribution is 5.95. The number of amides is 2. The normalized spacial score (nSPS) is 15.9. The molecule has 6 heteroatoms. The van der Waals surface area contributed by atoms with E-state index in [9.17, 15) is 9.59 Å².